The smallest absolute Gasteiger partial charge is 0.185 e. The summed E-state index contributed by atoms with van der Waals surface area (Å²) in [5.41, 5.74) is 1.06. The molecule has 1 N–H and O–H groups in total. The van der Waals surface area contributed by atoms with Gasteiger partial charge in [0.05, 0.1) is 12.5 Å². The Morgan fingerprint density at radius 3 is 2.50 bits per heavy atom. The van der Waals surface area contributed by atoms with E-state index in [0.717, 1.165) is 11.8 Å². The molecule has 6 heteroatoms. The molecule has 1 heterocycles. The molecule has 0 saturated carbocycles. The number of nitrogens with one attached hydrogen (secondary N) is 1. The van der Waals surface area contributed by atoms with Crippen molar-refractivity contribution in [2.45, 2.75) is 18.6 Å². The Balaban J connectivity index is 2.68. The van der Waals surface area contributed by atoms with Gasteiger partial charge in [-0.25, -0.2) is 8.42 Å². The van der Waals surface area contributed by atoms with Gasteiger partial charge in [0.15, 0.2) is 15.6 Å². The highest BCUT2D eigenvalue weighted by molar-refractivity contribution is 7.92. The van der Waals surface area contributed by atoms with Crippen molar-refractivity contribution in [1.29, 1.82) is 0 Å². The molecule has 0 spiro atoms. The molecule has 5 nitrogen and oxygen atoms in total. The number of fused-ring (bicyclic) bond motifs is 1. The van der Waals surface area contributed by atoms with E-state index in [1.165, 1.54) is 27.2 Å². The van der Waals surface area contributed by atoms with Crippen molar-refractivity contribution in [3.63, 3.8) is 0 Å². The minimum Gasteiger partial charge on any atom is -0.496 e. The molecule has 0 fully saturated rings. The summed E-state index contributed by atoms with van der Waals surface area (Å²) in [6.07, 6.45) is 2.60. The Kier molecular flexibility index (Phi) is 3.37. The lowest BCUT2D eigenvalue weighted by atomic mass is 9.99. The number of carbonyl (C=O) groups excluding carboxylic acids is 1. The van der Waals surface area contributed by atoms with E-state index in [1.54, 1.807) is 12.1 Å². The number of hydrogen-bond donors (Lipinski definition) is 1. The van der Waals surface area contributed by atoms with Gasteiger partial charge in [-0.05, 0) is 26.0 Å². The number of hydrogen-bond acceptors (Lipinski definition) is 4. The molecule has 0 saturated heterocycles. The summed E-state index contributed by atoms with van der Waals surface area (Å²) < 4.78 is 27.4. The monoisotopic (exact) mass is 295 g/mol. The van der Waals surface area contributed by atoms with Crippen LogP contribution < -0.4 is 4.74 Å². The van der Waals surface area contributed by atoms with Crippen LogP contribution in [0, 0.1) is 0 Å². The predicted molar refractivity (Wildman–Crippen MR) is 78.1 cm³/mol. The fourth-order valence-corrected chi connectivity index (χ4v) is 2.44. The summed E-state index contributed by atoms with van der Waals surface area (Å²) >= 11 is 0. The van der Waals surface area contributed by atoms with Gasteiger partial charge in [-0.3, -0.25) is 4.79 Å². The predicted octanol–water partition coefficient (Wildman–Crippen LogP) is 2.18. The lowest BCUT2D eigenvalue weighted by molar-refractivity contribution is 0.0955. The maximum Gasteiger partial charge on any atom is 0.185 e. The molecule has 2 aromatic rings. The van der Waals surface area contributed by atoms with E-state index in [9.17, 15) is 13.2 Å². The summed E-state index contributed by atoms with van der Waals surface area (Å²) in [7, 11) is -2.01. The average molecular weight is 295 g/mol. The topological polar surface area (TPSA) is 76.2 Å². The van der Waals surface area contributed by atoms with Gasteiger partial charge in [-0.1, -0.05) is 6.07 Å². The zero-order valence-electron chi connectivity index (χ0n) is 11.9. The zero-order chi connectivity index (χ0) is 15.1. The number of methoxy groups -OCH3 is 1. The van der Waals surface area contributed by atoms with Crippen LogP contribution in [0.3, 0.4) is 0 Å². The number of ether oxygens (including phenoxy) is 1. The van der Waals surface area contributed by atoms with Gasteiger partial charge in [0.25, 0.3) is 0 Å². The lowest BCUT2D eigenvalue weighted by Crippen LogP contribution is -2.39. The Bertz CT molecular complexity index is 772. The number of ketones is 1. The second kappa shape index (κ2) is 4.63. The highest BCUT2D eigenvalue weighted by Crippen LogP contribution is 2.32. The van der Waals surface area contributed by atoms with Crippen molar-refractivity contribution >= 4 is 26.5 Å². The van der Waals surface area contributed by atoms with Crippen LogP contribution in [0.2, 0.25) is 0 Å². The largest absolute Gasteiger partial charge is 0.496 e. The Morgan fingerprint density at radius 2 is 1.95 bits per heavy atom. The molecule has 0 atom stereocenters. The SMILES string of the molecule is COc1cccc2[nH]cc(C(=O)C(C)(C)S(C)(=O)=O)c12. The Morgan fingerprint density at radius 1 is 1.30 bits per heavy atom. The third kappa shape index (κ3) is 2.10. The molecule has 0 aliphatic carbocycles. The first-order chi connectivity index (χ1) is 9.20. The van der Waals surface area contributed by atoms with Crippen LogP contribution in [0.1, 0.15) is 24.2 Å². The third-order valence-corrected chi connectivity index (χ3v) is 5.65. The lowest BCUT2D eigenvalue weighted by Gasteiger charge is -2.20. The Hall–Kier alpha value is -1.82. The molecular weight excluding hydrogens is 278 g/mol. The van der Waals surface area contributed by atoms with E-state index in [-0.39, 0.29) is 0 Å². The Labute approximate surface area is 117 Å². The molecule has 0 amide bonds. The molecule has 20 heavy (non-hydrogen) atoms. The van der Waals surface area contributed by atoms with Gasteiger partial charge in [0.2, 0.25) is 0 Å². The van der Waals surface area contributed by atoms with Crippen molar-refractivity contribution in [2.75, 3.05) is 13.4 Å². The first-order valence-corrected chi connectivity index (χ1v) is 7.97. The van der Waals surface area contributed by atoms with Gasteiger partial charge in [-0.15, -0.1) is 0 Å². The van der Waals surface area contributed by atoms with Gasteiger partial charge in [0, 0.05) is 23.5 Å². The minimum atomic E-state index is -3.52. The van der Waals surface area contributed by atoms with E-state index in [0.29, 0.717) is 16.7 Å². The molecular formula is C14H17NO4S. The number of benzene rings is 1. The maximum absolute atomic E-state index is 12.6. The number of aromatic nitrogens is 1. The zero-order valence-corrected chi connectivity index (χ0v) is 12.7. The highest BCUT2D eigenvalue weighted by atomic mass is 32.2. The van der Waals surface area contributed by atoms with Crippen molar-refractivity contribution < 1.29 is 17.9 Å². The van der Waals surface area contributed by atoms with Gasteiger partial charge < -0.3 is 9.72 Å². The molecule has 2 rings (SSSR count). The summed E-state index contributed by atoms with van der Waals surface area (Å²) in [4.78, 5) is 15.6. The summed E-state index contributed by atoms with van der Waals surface area (Å²) in [6.45, 7) is 2.83. The fraction of sp³-hybridized carbons (Fsp3) is 0.357. The van der Waals surface area contributed by atoms with Crippen LogP contribution in [0.15, 0.2) is 24.4 Å². The van der Waals surface area contributed by atoms with E-state index in [1.807, 2.05) is 6.07 Å². The van der Waals surface area contributed by atoms with Crippen molar-refractivity contribution in [2.24, 2.45) is 0 Å². The standard InChI is InChI=1S/C14H17NO4S/c1-14(2,20(4,17)18)13(16)9-8-15-10-6-5-7-11(19-3)12(9)10/h5-8,15H,1-4H3. The number of H-pyrrole nitrogens is 1. The van der Waals surface area contributed by atoms with E-state index >= 15 is 0 Å². The average Bonchev–Trinajstić information content (AvgIpc) is 2.79. The first kappa shape index (κ1) is 14.6. The van der Waals surface area contributed by atoms with Gasteiger partial charge in [0.1, 0.15) is 10.5 Å². The van der Waals surface area contributed by atoms with E-state index in [4.69, 9.17) is 4.74 Å². The summed E-state index contributed by atoms with van der Waals surface area (Å²) in [5, 5.41) is 0.608. The van der Waals surface area contributed by atoms with E-state index < -0.39 is 20.4 Å². The number of Topliss-reactive ketones (excluding diaryl/α,β-unsaturated/α-hetero) is 1. The van der Waals surface area contributed by atoms with Crippen molar-refractivity contribution in [3.8, 4) is 5.75 Å². The quantitative estimate of drug-likeness (QED) is 0.877. The maximum atomic E-state index is 12.6. The molecule has 1 aromatic heterocycles. The third-order valence-electron chi connectivity index (χ3n) is 3.61. The number of carbonyl (C=O) groups is 1. The fourth-order valence-electron chi connectivity index (χ4n) is 1.99. The van der Waals surface area contributed by atoms with Crippen LogP contribution in [0.5, 0.6) is 5.75 Å². The molecule has 0 aliphatic heterocycles. The van der Waals surface area contributed by atoms with Crippen LogP contribution in [0.4, 0.5) is 0 Å². The first-order valence-electron chi connectivity index (χ1n) is 6.08. The van der Waals surface area contributed by atoms with Crippen molar-refractivity contribution in [1.82, 2.24) is 4.98 Å². The van der Waals surface area contributed by atoms with Crippen LogP contribution >= 0.6 is 0 Å². The number of rotatable bonds is 4. The van der Waals surface area contributed by atoms with Crippen LogP contribution in [0.25, 0.3) is 10.9 Å². The van der Waals surface area contributed by atoms with E-state index in [2.05, 4.69) is 4.98 Å². The van der Waals surface area contributed by atoms with Crippen LogP contribution in [-0.4, -0.2) is 37.3 Å². The van der Waals surface area contributed by atoms with Crippen LogP contribution in [-0.2, 0) is 9.84 Å². The normalized spacial score (nSPS) is 12.6. The number of aromatic amines is 1. The highest BCUT2D eigenvalue weighted by Gasteiger charge is 2.40. The van der Waals surface area contributed by atoms with Crippen molar-refractivity contribution in [3.05, 3.63) is 30.0 Å². The minimum absolute atomic E-state index is 0.327. The molecule has 1 aromatic carbocycles. The molecule has 0 aliphatic rings. The molecule has 0 radical (unpaired) electrons. The summed E-state index contributed by atoms with van der Waals surface area (Å²) in [5.74, 6) is 0.0900. The number of sulfone groups is 1. The second-order valence-electron chi connectivity index (χ2n) is 5.20. The molecule has 0 bridgehead atoms. The summed E-state index contributed by atoms with van der Waals surface area (Å²) in [6, 6.07) is 5.34. The molecule has 0 unspecified atom stereocenters. The second-order valence-corrected chi connectivity index (χ2v) is 7.76. The molecule has 108 valence electrons. The van der Waals surface area contributed by atoms with Gasteiger partial charge in [-0.2, -0.15) is 0 Å². The van der Waals surface area contributed by atoms with Gasteiger partial charge >= 0.3 is 0 Å².